The van der Waals surface area contributed by atoms with Crippen molar-refractivity contribution in [1.82, 2.24) is 41.7 Å². The Bertz CT molecular complexity index is 2230. The van der Waals surface area contributed by atoms with Gasteiger partial charge in [-0.2, -0.15) is 0 Å². The molecule has 0 aromatic heterocycles. The number of carbonyl (C=O) groups excluding carboxylic acids is 6. The van der Waals surface area contributed by atoms with Gasteiger partial charge in [0.05, 0.1) is 12.1 Å². The smallest absolute Gasteiger partial charge is 0.243 e. The van der Waals surface area contributed by atoms with Gasteiger partial charge in [-0.1, -0.05) is 83.4 Å². The fraction of sp³-hybridized carbons (Fsp3) is 0.695. The van der Waals surface area contributed by atoms with Crippen molar-refractivity contribution in [3.8, 4) is 11.5 Å². The molecule has 9 atom stereocenters. The van der Waals surface area contributed by atoms with Gasteiger partial charge in [0.1, 0.15) is 47.9 Å². The first-order valence-corrected chi connectivity index (χ1v) is 28.5. The highest BCUT2D eigenvalue weighted by atomic mass is 16.5. The van der Waals surface area contributed by atoms with Gasteiger partial charge in [-0.3, -0.25) is 28.8 Å². The number of likely N-dealkylation sites (N-methyl/N-ethyl adjacent to an activating group) is 2. The molecule has 16 nitrogen and oxygen atoms in total. The number of fused-ring (bicyclic) bond motifs is 2. The quantitative estimate of drug-likeness (QED) is 0.199. The van der Waals surface area contributed by atoms with Gasteiger partial charge >= 0.3 is 0 Å². The summed E-state index contributed by atoms with van der Waals surface area (Å²) in [6.07, 6.45) is 13.3. The van der Waals surface area contributed by atoms with Crippen LogP contribution in [0.15, 0.2) is 42.5 Å². The van der Waals surface area contributed by atoms with Crippen molar-refractivity contribution in [2.24, 2.45) is 23.7 Å². The van der Waals surface area contributed by atoms with Gasteiger partial charge in [0.25, 0.3) is 0 Å². The first-order chi connectivity index (χ1) is 35.8. The number of hydrogen-bond acceptors (Lipinski definition) is 10. The maximum Gasteiger partial charge on any atom is 0.243 e. The van der Waals surface area contributed by atoms with Crippen LogP contribution in [0.4, 0.5) is 0 Å². The number of aryl methyl sites for hydroxylation is 3. The lowest BCUT2D eigenvalue weighted by Gasteiger charge is -2.36. The lowest BCUT2D eigenvalue weighted by Crippen LogP contribution is -2.58. The highest BCUT2D eigenvalue weighted by Gasteiger charge is 2.41. The number of benzene rings is 2. The number of para-hydroxylation sites is 2. The largest absolute Gasteiger partial charge is 0.489 e. The van der Waals surface area contributed by atoms with E-state index in [1.54, 1.807) is 32.8 Å². The summed E-state index contributed by atoms with van der Waals surface area (Å²) in [7, 11) is 3.37. The molecule has 7 rings (SSSR count). The van der Waals surface area contributed by atoms with Crippen molar-refractivity contribution in [2.75, 3.05) is 33.7 Å². The SMILES string of the molecule is CC(C)C[C@H]1NC(=O)[C@@H](C)N(C)C(=O)[C@H](C2CC2)NC[C@@H](C)Oc2ccccc2CC[C@H](C)NC1=O.CC(C)C[C@H]1NC(=O)[C@@H](C)N(C)C(=O)[C@H](C2CCCCC2)NC[C@H]2CCc3cccc(c3O2)CCCNC1=O. The summed E-state index contributed by atoms with van der Waals surface area (Å²) in [5.74, 6) is 1.60. The predicted molar refractivity (Wildman–Crippen MR) is 293 cm³/mol. The van der Waals surface area contributed by atoms with Crippen LogP contribution in [-0.2, 0) is 48.0 Å². The van der Waals surface area contributed by atoms with Crippen LogP contribution in [0, 0.1) is 23.7 Å². The molecule has 0 radical (unpaired) electrons. The average Bonchev–Trinajstić information content (AvgIpc) is 4.23. The standard InChI is InChI=1S/C31H48N4O4.C28H44N4O4/c1-20(2)18-26-30(37)32-17-9-14-23-12-8-13-24-15-16-25(39-28(23)24)19-33-27(22-10-6-5-7-11-22)31(38)35(4)21(3)29(36)34-26;1-17(2)15-23-27(34)30-18(3)11-12-21-9-7-8-10-24(21)36-19(4)16-29-25(22-13-14-22)28(35)32(6)20(5)26(33)31-23/h8,12-13,20-22,25-27,33H,5-7,9-11,14-19H2,1-4H3,(H,32,37)(H,34,36);7-10,17-20,22-23,25,29H,11-16H2,1-6H3,(H,30,34)(H,31,33)/t21-,25-,26-,27+;18-,19+,20+,23+,25-/m10/s1. The van der Waals surface area contributed by atoms with E-state index in [-0.39, 0.29) is 89.4 Å². The number of carbonyl (C=O) groups is 6. The highest BCUT2D eigenvalue weighted by molar-refractivity contribution is 5.94. The van der Waals surface area contributed by atoms with E-state index >= 15 is 0 Å². The second kappa shape index (κ2) is 28.2. The van der Waals surface area contributed by atoms with Gasteiger partial charge in [0.2, 0.25) is 35.4 Å². The molecule has 2 aliphatic carbocycles. The molecule has 416 valence electrons. The van der Waals surface area contributed by atoms with Crippen LogP contribution in [0.2, 0.25) is 0 Å². The van der Waals surface area contributed by atoms with Crippen LogP contribution in [0.1, 0.15) is 149 Å². The molecule has 0 spiro atoms. The Morgan fingerprint density at radius 1 is 0.547 bits per heavy atom. The zero-order valence-corrected chi connectivity index (χ0v) is 46.9. The molecule has 2 fully saturated rings. The monoisotopic (exact) mass is 1040 g/mol. The predicted octanol–water partition coefficient (Wildman–Crippen LogP) is 6.01. The second-order valence-electron chi connectivity index (χ2n) is 23.2. The molecule has 0 unspecified atom stereocenters. The lowest BCUT2D eigenvalue weighted by molar-refractivity contribution is -0.142. The minimum absolute atomic E-state index is 0.0149. The minimum Gasteiger partial charge on any atom is -0.489 e. The van der Waals surface area contributed by atoms with Gasteiger partial charge in [-0.15, -0.1) is 0 Å². The highest BCUT2D eigenvalue weighted by Crippen LogP contribution is 2.35. The first kappa shape index (κ1) is 59.0. The fourth-order valence-electron chi connectivity index (χ4n) is 10.9. The molecular formula is C59H92N8O8. The molecule has 3 heterocycles. The number of rotatable bonds is 6. The number of nitrogens with one attached hydrogen (secondary N) is 6. The molecule has 2 aromatic rings. The zero-order valence-electron chi connectivity index (χ0n) is 46.9. The molecule has 2 aromatic carbocycles. The number of ether oxygens (including phenoxy) is 2. The Balaban J connectivity index is 0.000000245. The van der Waals surface area contributed by atoms with Gasteiger partial charge < -0.3 is 51.2 Å². The summed E-state index contributed by atoms with van der Waals surface area (Å²) in [4.78, 5) is 83.1. The van der Waals surface area contributed by atoms with Crippen LogP contribution in [-0.4, -0.2) is 133 Å². The summed E-state index contributed by atoms with van der Waals surface area (Å²) in [5, 5.41) is 19.0. The Kier molecular flexibility index (Phi) is 22.2. The van der Waals surface area contributed by atoms with E-state index in [4.69, 9.17) is 9.47 Å². The maximum atomic E-state index is 13.9. The van der Waals surface area contributed by atoms with Gasteiger partial charge in [0, 0.05) is 39.8 Å². The van der Waals surface area contributed by atoms with Gasteiger partial charge in [-0.05, 0) is 151 Å². The average molecular weight is 1040 g/mol. The summed E-state index contributed by atoms with van der Waals surface area (Å²) in [6.45, 7) is 17.2. The molecule has 2 bridgehead atoms. The Morgan fingerprint density at radius 2 is 1.08 bits per heavy atom. The lowest BCUT2D eigenvalue weighted by atomic mass is 9.83. The molecule has 6 amide bonds. The third kappa shape index (κ3) is 17.1. The molecule has 5 aliphatic rings. The summed E-state index contributed by atoms with van der Waals surface area (Å²) in [5.41, 5.74) is 3.48. The van der Waals surface area contributed by atoms with Crippen molar-refractivity contribution in [2.45, 2.75) is 206 Å². The first-order valence-electron chi connectivity index (χ1n) is 28.5. The van der Waals surface area contributed by atoms with Gasteiger partial charge in [0.15, 0.2) is 0 Å². The van der Waals surface area contributed by atoms with E-state index in [1.807, 2.05) is 59.7 Å². The van der Waals surface area contributed by atoms with Crippen LogP contribution in [0.25, 0.3) is 0 Å². The maximum absolute atomic E-state index is 13.9. The molecule has 75 heavy (non-hydrogen) atoms. The number of nitrogens with zero attached hydrogens (tertiary/aromatic N) is 2. The second-order valence-corrected chi connectivity index (χ2v) is 23.2. The van der Waals surface area contributed by atoms with E-state index in [9.17, 15) is 28.8 Å². The van der Waals surface area contributed by atoms with Crippen molar-refractivity contribution in [3.05, 3.63) is 59.2 Å². The molecule has 0 saturated heterocycles. The van der Waals surface area contributed by atoms with E-state index in [0.29, 0.717) is 32.5 Å². The summed E-state index contributed by atoms with van der Waals surface area (Å²) < 4.78 is 12.8. The summed E-state index contributed by atoms with van der Waals surface area (Å²) in [6, 6.07) is 10.9. The summed E-state index contributed by atoms with van der Waals surface area (Å²) >= 11 is 0. The fourth-order valence-corrected chi connectivity index (χ4v) is 10.9. The molecule has 6 N–H and O–H groups in total. The zero-order chi connectivity index (χ0) is 54.3. The van der Waals surface area contributed by atoms with E-state index < -0.39 is 24.2 Å². The van der Waals surface area contributed by atoms with E-state index in [2.05, 4.69) is 56.2 Å². The van der Waals surface area contributed by atoms with Crippen molar-refractivity contribution >= 4 is 35.4 Å². The van der Waals surface area contributed by atoms with Crippen LogP contribution < -0.4 is 41.4 Å². The van der Waals surface area contributed by atoms with Gasteiger partial charge in [-0.25, -0.2) is 0 Å². The van der Waals surface area contributed by atoms with Crippen molar-refractivity contribution < 1.29 is 38.2 Å². The molecule has 2 saturated carbocycles. The topological polar surface area (TPSA) is 200 Å². The van der Waals surface area contributed by atoms with Crippen molar-refractivity contribution in [3.63, 3.8) is 0 Å². The Hall–Kier alpha value is -5.22. The van der Waals surface area contributed by atoms with Crippen molar-refractivity contribution in [1.29, 1.82) is 0 Å². The number of hydrogen-bond donors (Lipinski definition) is 6. The molecule has 16 heteroatoms. The van der Waals surface area contributed by atoms with E-state index in [0.717, 1.165) is 99.7 Å². The third-order valence-electron chi connectivity index (χ3n) is 15.9. The Labute approximate surface area is 448 Å². The van der Waals surface area contributed by atoms with Crippen LogP contribution >= 0.6 is 0 Å². The Morgan fingerprint density at radius 3 is 1.68 bits per heavy atom. The molecular weight excluding hydrogens is 949 g/mol. The van der Waals surface area contributed by atoms with E-state index in [1.165, 1.54) is 16.9 Å². The minimum atomic E-state index is -0.695. The normalized spacial score (nSPS) is 28.8. The molecule has 3 aliphatic heterocycles. The van der Waals surface area contributed by atoms with Crippen LogP contribution in [0.5, 0.6) is 11.5 Å². The van der Waals surface area contributed by atoms with Crippen LogP contribution in [0.3, 0.4) is 0 Å². The third-order valence-corrected chi connectivity index (χ3v) is 15.9. The number of amides is 6.